The molecular formula is C22H21N3O5. The predicted molar refractivity (Wildman–Crippen MR) is 106 cm³/mol. The molecule has 30 heavy (non-hydrogen) atoms. The maximum Gasteiger partial charge on any atom is 0.267 e. The van der Waals surface area contributed by atoms with Crippen LogP contribution in [0.15, 0.2) is 48.5 Å². The molecule has 0 bridgehead atoms. The van der Waals surface area contributed by atoms with Crippen LogP contribution in [0.25, 0.3) is 0 Å². The van der Waals surface area contributed by atoms with Crippen LogP contribution in [0.2, 0.25) is 0 Å². The highest BCUT2D eigenvalue weighted by Crippen LogP contribution is 2.31. The number of rotatable bonds is 4. The SMILES string of the molecule is N#Cc1ccc(OCC(=O)N2CCN(C(=O)[C@H]3COc4ccccc4O3)CC2)cc1. The Bertz CT molecular complexity index is 961. The number of nitriles is 1. The van der Waals surface area contributed by atoms with Crippen molar-refractivity contribution in [3.8, 4) is 23.3 Å². The summed E-state index contributed by atoms with van der Waals surface area (Å²) in [5.41, 5.74) is 0.533. The molecule has 1 fully saturated rings. The molecular weight excluding hydrogens is 386 g/mol. The Morgan fingerprint density at radius 2 is 1.67 bits per heavy atom. The number of hydrogen-bond donors (Lipinski definition) is 0. The number of para-hydroxylation sites is 2. The molecule has 8 nitrogen and oxygen atoms in total. The molecule has 0 radical (unpaired) electrons. The lowest BCUT2D eigenvalue weighted by Gasteiger charge is -2.37. The quantitative estimate of drug-likeness (QED) is 0.762. The zero-order chi connectivity index (χ0) is 20.9. The van der Waals surface area contributed by atoms with Crippen LogP contribution in [0.3, 0.4) is 0 Å². The molecule has 0 aromatic heterocycles. The van der Waals surface area contributed by atoms with Crippen molar-refractivity contribution in [1.29, 1.82) is 5.26 Å². The van der Waals surface area contributed by atoms with Crippen LogP contribution in [-0.2, 0) is 9.59 Å². The number of fused-ring (bicyclic) bond motifs is 1. The average Bonchev–Trinajstić information content (AvgIpc) is 2.82. The Morgan fingerprint density at radius 3 is 2.37 bits per heavy atom. The largest absolute Gasteiger partial charge is 0.485 e. The monoisotopic (exact) mass is 407 g/mol. The van der Waals surface area contributed by atoms with E-state index < -0.39 is 6.10 Å². The molecule has 4 rings (SSSR count). The van der Waals surface area contributed by atoms with Crippen LogP contribution in [0.5, 0.6) is 17.2 Å². The first-order chi connectivity index (χ1) is 14.6. The highest BCUT2D eigenvalue weighted by Gasteiger charge is 2.33. The summed E-state index contributed by atoms with van der Waals surface area (Å²) in [7, 11) is 0. The van der Waals surface area contributed by atoms with Crippen LogP contribution in [-0.4, -0.2) is 67.1 Å². The van der Waals surface area contributed by atoms with Gasteiger partial charge in [-0.2, -0.15) is 5.26 Å². The molecule has 1 saturated heterocycles. The van der Waals surface area contributed by atoms with E-state index in [9.17, 15) is 9.59 Å². The molecule has 0 N–H and O–H groups in total. The second kappa shape index (κ2) is 8.74. The van der Waals surface area contributed by atoms with Gasteiger partial charge in [0.1, 0.15) is 12.4 Å². The Kier molecular flexibility index (Phi) is 5.70. The van der Waals surface area contributed by atoms with Gasteiger partial charge in [0, 0.05) is 26.2 Å². The van der Waals surface area contributed by atoms with Gasteiger partial charge < -0.3 is 24.0 Å². The third-order valence-corrected chi connectivity index (χ3v) is 5.07. The lowest BCUT2D eigenvalue weighted by Crippen LogP contribution is -2.55. The van der Waals surface area contributed by atoms with E-state index in [1.54, 1.807) is 46.2 Å². The summed E-state index contributed by atoms with van der Waals surface area (Å²) in [5.74, 6) is 1.46. The van der Waals surface area contributed by atoms with Crippen LogP contribution in [0, 0.1) is 11.3 Å². The third-order valence-electron chi connectivity index (χ3n) is 5.07. The predicted octanol–water partition coefficient (Wildman–Crippen LogP) is 1.45. The zero-order valence-corrected chi connectivity index (χ0v) is 16.3. The first kappa shape index (κ1) is 19.6. The van der Waals surface area contributed by atoms with E-state index in [0.29, 0.717) is 49.0 Å². The molecule has 2 amide bonds. The second-order valence-electron chi connectivity index (χ2n) is 7.00. The number of amides is 2. The van der Waals surface area contributed by atoms with Crippen LogP contribution >= 0.6 is 0 Å². The minimum absolute atomic E-state index is 0.0871. The number of hydrogen-bond acceptors (Lipinski definition) is 6. The van der Waals surface area contributed by atoms with Gasteiger partial charge in [0.15, 0.2) is 18.1 Å². The first-order valence-electron chi connectivity index (χ1n) is 9.72. The van der Waals surface area contributed by atoms with Gasteiger partial charge in [0.05, 0.1) is 11.6 Å². The van der Waals surface area contributed by atoms with Crippen LogP contribution in [0.4, 0.5) is 0 Å². The van der Waals surface area contributed by atoms with E-state index in [4.69, 9.17) is 19.5 Å². The van der Waals surface area contributed by atoms with Gasteiger partial charge in [0.2, 0.25) is 6.10 Å². The van der Waals surface area contributed by atoms with Crippen molar-refractivity contribution in [2.75, 3.05) is 39.4 Å². The van der Waals surface area contributed by atoms with E-state index >= 15 is 0 Å². The normalized spacial score (nSPS) is 17.8. The number of carbonyl (C=O) groups is 2. The van der Waals surface area contributed by atoms with Crippen LogP contribution < -0.4 is 14.2 Å². The summed E-state index contributed by atoms with van der Waals surface area (Å²) in [6, 6.07) is 15.9. The van der Waals surface area contributed by atoms with Crippen molar-refractivity contribution < 1.29 is 23.8 Å². The Hall–Kier alpha value is -3.73. The zero-order valence-electron chi connectivity index (χ0n) is 16.3. The summed E-state index contributed by atoms with van der Waals surface area (Å²) in [4.78, 5) is 28.6. The standard InChI is InChI=1S/C22H21N3O5/c23-13-16-5-7-17(8-6-16)28-15-21(26)24-9-11-25(12-10-24)22(27)20-14-29-18-3-1-2-4-19(18)30-20/h1-8,20H,9-12,14-15H2/t20-/m1/s1. The number of ether oxygens (including phenoxy) is 3. The summed E-state index contributed by atoms with van der Waals surface area (Å²) >= 11 is 0. The topological polar surface area (TPSA) is 92.1 Å². The lowest BCUT2D eigenvalue weighted by atomic mass is 10.2. The van der Waals surface area contributed by atoms with Gasteiger partial charge in [-0.1, -0.05) is 12.1 Å². The number of benzene rings is 2. The van der Waals surface area contributed by atoms with Crippen molar-refractivity contribution >= 4 is 11.8 Å². The maximum absolute atomic E-state index is 12.8. The molecule has 2 heterocycles. The average molecular weight is 407 g/mol. The number of nitrogens with zero attached hydrogens (tertiary/aromatic N) is 3. The van der Waals surface area contributed by atoms with Gasteiger partial charge in [0.25, 0.3) is 11.8 Å². The Morgan fingerprint density at radius 1 is 1.00 bits per heavy atom. The highest BCUT2D eigenvalue weighted by atomic mass is 16.6. The minimum Gasteiger partial charge on any atom is -0.485 e. The van der Waals surface area contributed by atoms with Crippen molar-refractivity contribution in [2.45, 2.75) is 6.10 Å². The molecule has 8 heteroatoms. The van der Waals surface area contributed by atoms with E-state index in [0.717, 1.165) is 0 Å². The molecule has 0 saturated carbocycles. The van der Waals surface area contributed by atoms with Crippen molar-refractivity contribution in [1.82, 2.24) is 9.80 Å². The highest BCUT2D eigenvalue weighted by molar-refractivity contribution is 5.83. The fraction of sp³-hybridized carbons (Fsp3) is 0.318. The van der Waals surface area contributed by atoms with Gasteiger partial charge in [-0.25, -0.2) is 0 Å². The molecule has 2 aromatic carbocycles. The van der Waals surface area contributed by atoms with Crippen molar-refractivity contribution in [2.24, 2.45) is 0 Å². The van der Waals surface area contributed by atoms with Gasteiger partial charge in [-0.3, -0.25) is 9.59 Å². The maximum atomic E-state index is 12.8. The fourth-order valence-electron chi connectivity index (χ4n) is 3.38. The first-order valence-corrected chi connectivity index (χ1v) is 9.72. The van der Waals surface area contributed by atoms with Gasteiger partial charge in [-0.15, -0.1) is 0 Å². The fourth-order valence-corrected chi connectivity index (χ4v) is 3.38. The lowest BCUT2D eigenvalue weighted by molar-refractivity contribution is -0.146. The molecule has 2 aliphatic heterocycles. The minimum atomic E-state index is -0.679. The number of piperazine rings is 1. The van der Waals surface area contributed by atoms with E-state index in [1.807, 2.05) is 18.2 Å². The summed E-state index contributed by atoms with van der Waals surface area (Å²) < 4.78 is 16.9. The molecule has 0 aliphatic carbocycles. The molecule has 0 spiro atoms. The molecule has 0 unspecified atom stereocenters. The Balaban J connectivity index is 1.24. The second-order valence-corrected chi connectivity index (χ2v) is 7.00. The Labute approximate surface area is 174 Å². The molecule has 2 aromatic rings. The van der Waals surface area contributed by atoms with Gasteiger partial charge in [-0.05, 0) is 36.4 Å². The third kappa shape index (κ3) is 4.30. The van der Waals surface area contributed by atoms with E-state index in [2.05, 4.69) is 0 Å². The van der Waals surface area contributed by atoms with Crippen molar-refractivity contribution in [3.05, 3.63) is 54.1 Å². The summed E-state index contributed by atoms with van der Waals surface area (Å²) in [5, 5.41) is 8.81. The van der Waals surface area contributed by atoms with Crippen molar-refractivity contribution in [3.63, 3.8) is 0 Å². The summed E-state index contributed by atoms with van der Waals surface area (Å²) in [6.07, 6.45) is -0.679. The number of carbonyl (C=O) groups excluding carboxylic acids is 2. The molecule has 2 aliphatic rings. The molecule has 1 atom stereocenters. The smallest absolute Gasteiger partial charge is 0.267 e. The van der Waals surface area contributed by atoms with E-state index in [1.165, 1.54) is 0 Å². The summed E-state index contributed by atoms with van der Waals surface area (Å²) in [6.45, 7) is 1.83. The van der Waals surface area contributed by atoms with Crippen LogP contribution in [0.1, 0.15) is 5.56 Å². The van der Waals surface area contributed by atoms with E-state index in [-0.39, 0.29) is 25.0 Å². The van der Waals surface area contributed by atoms with Gasteiger partial charge >= 0.3 is 0 Å². The molecule has 154 valence electrons.